The number of amides is 1. The molecule has 3 aromatic rings. The maximum Gasteiger partial charge on any atom is 0.310 e. The first-order chi connectivity index (χ1) is 32.5. The molecule has 4 atom stereocenters. The summed E-state index contributed by atoms with van der Waals surface area (Å²) in [7, 11) is 1.36. The molecular weight excluding hydrogens is 847 g/mol. The first-order valence-corrected chi connectivity index (χ1v) is 25.8. The Kier molecular flexibility index (Phi) is 20.0. The van der Waals surface area contributed by atoms with Crippen LogP contribution in [0.25, 0.3) is 39.3 Å². The quantitative estimate of drug-likeness (QED) is 0.0600. The largest absolute Gasteiger partial charge is 0.469 e. The lowest BCUT2D eigenvalue weighted by atomic mass is 9.84. The van der Waals surface area contributed by atoms with Gasteiger partial charge in [-0.3, -0.25) is 19.4 Å². The molecule has 0 radical (unpaired) electrons. The second-order valence-electron chi connectivity index (χ2n) is 20.3. The number of fused-ring (bicyclic) bond motifs is 8. The topological polar surface area (TPSA) is 139 Å². The van der Waals surface area contributed by atoms with Gasteiger partial charge in [0, 0.05) is 63.7 Å². The molecule has 5 rings (SSSR count). The minimum atomic E-state index is -0.477. The zero-order valence-electron chi connectivity index (χ0n) is 43.7. The normalized spacial score (nSPS) is 16.0. The maximum absolute atomic E-state index is 14.2. The smallest absolute Gasteiger partial charge is 0.310 e. The third kappa shape index (κ3) is 13.7. The molecule has 5 heterocycles. The molecule has 10 nitrogen and oxygen atoms in total. The lowest BCUT2D eigenvalue weighted by molar-refractivity contribution is -0.143. The summed E-state index contributed by atoms with van der Waals surface area (Å²) in [6, 6.07) is 6.20. The Morgan fingerprint density at radius 1 is 0.824 bits per heavy atom. The van der Waals surface area contributed by atoms with Gasteiger partial charge in [-0.25, -0.2) is 4.98 Å². The SMILES string of the molecule is C=Cc1c(C)c2cc3nc(c(CC(=O)OC)c4nc(cc5[nH]c(cc1[nH]2)c(C)c5CC)C(C)=C4C(=O)NCCC)C(CCC(=O)OCC=C(C)CCCC(C)CCCC(C)CCCC(C)C)C3C. The van der Waals surface area contributed by atoms with Crippen molar-refractivity contribution in [1.29, 1.82) is 0 Å². The number of rotatable bonds is 24. The van der Waals surface area contributed by atoms with Crippen LogP contribution in [0.4, 0.5) is 0 Å². The summed E-state index contributed by atoms with van der Waals surface area (Å²) in [5.74, 6) is 0.828. The van der Waals surface area contributed by atoms with E-state index in [1.165, 1.54) is 57.6 Å². The summed E-state index contributed by atoms with van der Waals surface area (Å²) in [5.41, 5.74) is 13.3. The molecule has 0 fully saturated rings. The van der Waals surface area contributed by atoms with Gasteiger partial charge in [0.2, 0.25) is 0 Å². The highest BCUT2D eigenvalue weighted by atomic mass is 16.5. The van der Waals surface area contributed by atoms with Crippen molar-refractivity contribution in [1.82, 2.24) is 25.3 Å². The van der Waals surface area contributed by atoms with Gasteiger partial charge in [0.25, 0.3) is 5.91 Å². The average molecular weight is 930 g/mol. The molecule has 3 aromatic heterocycles. The molecule has 68 heavy (non-hydrogen) atoms. The number of carbonyl (C=O) groups is 3. The van der Waals surface area contributed by atoms with Gasteiger partial charge in [0.1, 0.15) is 6.61 Å². The van der Waals surface area contributed by atoms with Crippen molar-refractivity contribution < 1.29 is 23.9 Å². The van der Waals surface area contributed by atoms with Crippen LogP contribution >= 0.6 is 0 Å². The van der Waals surface area contributed by atoms with E-state index in [2.05, 4.69) is 96.3 Å². The number of ether oxygens (including phenoxy) is 2. The summed E-state index contributed by atoms with van der Waals surface area (Å²) in [4.78, 5) is 59.1. The van der Waals surface area contributed by atoms with E-state index in [-0.39, 0.29) is 43.2 Å². The number of nitrogens with zero attached hydrogens (tertiary/aromatic N) is 2. The Morgan fingerprint density at radius 3 is 2.13 bits per heavy atom. The van der Waals surface area contributed by atoms with Crippen LogP contribution in [0, 0.1) is 31.6 Å². The van der Waals surface area contributed by atoms with Gasteiger partial charge in [-0.1, -0.05) is 112 Å². The lowest BCUT2D eigenvalue weighted by Gasteiger charge is -2.18. The molecule has 4 unspecified atom stereocenters. The van der Waals surface area contributed by atoms with Crippen LogP contribution < -0.4 is 5.32 Å². The monoisotopic (exact) mass is 930 g/mol. The van der Waals surface area contributed by atoms with Gasteiger partial charge in [0.05, 0.1) is 36.2 Å². The number of hydrogen-bond acceptors (Lipinski definition) is 7. The number of aromatic amines is 2. The summed E-state index contributed by atoms with van der Waals surface area (Å²) < 4.78 is 11.1. The Bertz CT molecular complexity index is 2500. The Balaban J connectivity index is 1.45. The Morgan fingerprint density at radius 2 is 1.49 bits per heavy atom. The zero-order valence-corrected chi connectivity index (χ0v) is 43.7. The third-order valence-corrected chi connectivity index (χ3v) is 14.5. The van der Waals surface area contributed by atoms with Crippen LogP contribution in [0.2, 0.25) is 0 Å². The second-order valence-corrected chi connectivity index (χ2v) is 20.3. The van der Waals surface area contributed by atoms with Crippen molar-refractivity contribution >= 4 is 57.1 Å². The van der Waals surface area contributed by atoms with E-state index in [0.29, 0.717) is 52.7 Å². The summed E-state index contributed by atoms with van der Waals surface area (Å²) in [5, 5.41) is 3.08. The van der Waals surface area contributed by atoms with Gasteiger partial charge in [0.15, 0.2) is 0 Å². The van der Waals surface area contributed by atoms with E-state index in [4.69, 9.17) is 19.4 Å². The van der Waals surface area contributed by atoms with Crippen LogP contribution in [-0.2, 0) is 36.7 Å². The number of esters is 2. The summed E-state index contributed by atoms with van der Waals surface area (Å²) >= 11 is 0. The van der Waals surface area contributed by atoms with E-state index in [9.17, 15) is 14.4 Å². The summed E-state index contributed by atoms with van der Waals surface area (Å²) in [6.45, 7) is 28.8. The fourth-order valence-corrected chi connectivity index (χ4v) is 10.1. The van der Waals surface area contributed by atoms with Crippen LogP contribution in [0.1, 0.15) is 202 Å². The van der Waals surface area contributed by atoms with Gasteiger partial charge < -0.3 is 24.8 Å². The highest BCUT2D eigenvalue weighted by Crippen LogP contribution is 2.44. The molecule has 10 heteroatoms. The van der Waals surface area contributed by atoms with Crippen LogP contribution in [0.5, 0.6) is 0 Å². The molecule has 370 valence electrons. The first-order valence-electron chi connectivity index (χ1n) is 25.8. The highest BCUT2D eigenvalue weighted by Gasteiger charge is 2.36. The molecule has 0 aliphatic carbocycles. The standard InChI is InChI=1S/C58H83N5O5/c1-14-29-59-58(66)55-42(12)50-34-52-44(16-3)40(10)48(61-52)33-51-43(15-2)39(9)47(60-51)32-49-41(11)45(56(62-49)46(57(55)63-50)31-54(65)67-13)26-27-53(64)68-30-28-38(8)25-19-24-37(7)23-18-22-36(6)21-17-20-35(4)5/h15,28,32-37,41,45,60-61H,2,14,16-27,29-31H2,1,3-13H3,(H,59,66). The Hall–Kier alpha value is -5.25. The van der Waals surface area contributed by atoms with Crippen molar-refractivity contribution in [3.63, 3.8) is 0 Å². The van der Waals surface area contributed by atoms with Crippen LogP contribution in [0.3, 0.4) is 0 Å². The van der Waals surface area contributed by atoms with Crippen molar-refractivity contribution in [2.24, 2.45) is 17.8 Å². The van der Waals surface area contributed by atoms with Gasteiger partial charge >= 0.3 is 11.9 Å². The van der Waals surface area contributed by atoms with Crippen molar-refractivity contribution in [2.75, 3.05) is 20.3 Å². The number of H-pyrrole nitrogens is 2. The van der Waals surface area contributed by atoms with Crippen molar-refractivity contribution in [3.8, 4) is 0 Å². The zero-order chi connectivity index (χ0) is 49.7. The predicted molar refractivity (Wildman–Crippen MR) is 281 cm³/mol. The maximum atomic E-state index is 14.2. The highest BCUT2D eigenvalue weighted by molar-refractivity contribution is 6.27. The molecule has 0 saturated heterocycles. The number of methoxy groups -OCH3 is 1. The lowest BCUT2D eigenvalue weighted by Crippen LogP contribution is -2.26. The van der Waals surface area contributed by atoms with Crippen LogP contribution in [0.15, 0.2) is 36.4 Å². The number of carbonyl (C=O) groups excluding carboxylic acids is 3. The van der Waals surface area contributed by atoms with E-state index >= 15 is 0 Å². The van der Waals surface area contributed by atoms with Crippen LogP contribution in [-0.4, -0.2) is 58.0 Å². The minimum absolute atomic E-state index is 0.152. The van der Waals surface area contributed by atoms with E-state index in [1.54, 1.807) is 0 Å². The van der Waals surface area contributed by atoms with Gasteiger partial charge in [-0.15, -0.1) is 0 Å². The number of allylic oxidation sites excluding steroid dienone is 2. The molecule has 0 spiro atoms. The van der Waals surface area contributed by atoms with Gasteiger partial charge in [-0.2, -0.15) is 0 Å². The second kappa shape index (κ2) is 25.4. The Labute approximate surface area is 407 Å². The molecule has 8 bridgehead atoms. The number of aryl methyl sites for hydroxylation is 3. The van der Waals surface area contributed by atoms with Gasteiger partial charge in [-0.05, 0) is 124 Å². The molecule has 2 aliphatic heterocycles. The van der Waals surface area contributed by atoms with E-state index < -0.39 is 5.97 Å². The molecule has 1 amide bonds. The number of hydrogen-bond donors (Lipinski definition) is 3. The molecule has 0 aromatic carbocycles. The first kappa shape index (κ1) is 53.7. The van der Waals surface area contributed by atoms with E-state index in [0.717, 1.165) is 87.5 Å². The average Bonchev–Trinajstić information content (AvgIpc) is 3.98. The predicted octanol–water partition coefficient (Wildman–Crippen LogP) is 13.9. The van der Waals surface area contributed by atoms with Crippen molar-refractivity contribution in [3.05, 3.63) is 87.0 Å². The fourth-order valence-electron chi connectivity index (χ4n) is 10.1. The molecule has 2 aliphatic rings. The van der Waals surface area contributed by atoms with E-state index in [1.807, 2.05) is 32.1 Å². The fraction of sp³-hybridized carbons (Fsp3) is 0.569. The molecule has 3 N–H and O–H groups in total. The summed E-state index contributed by atoms with van der Waals surface area (Å²) in [6.07, 6.45) is 17.1. The third-order valence-electron chi connectivity index (χ3n) is 14.5. The number of aromatic nitrogens is 4. The molecule has 0 saturated carbocycles. The molecular formula is C58H83N5O5. The minimum Gasteiger partial charge on any atom is -0.469 e. The van der Waals surface area contributed by atoms with Crippen molar-refractivity contribution in [2.45, 2.75) is 178 Å². The number of nitrogens with one attached hydrogen (secondary N) is 3.